The van der Waals surface area contributed by atoms with Crippen LogP contribution >= 0.6 is 22.9 Å². The van der Waals surface area contributed by atoms with Crippen molar-refractivity contribution in [2.75, 3.05) is 0 Å². The molecule has 0 aliphatic carbocycles. The molecule has 2 aromatic carbocycles. The summed E-state index contributed by atoms with van der Waals surface area (Å²) >= 11 is 7.16. The molecule has 0 unspecified atom stereocenters. The smallest absolute Gasteiger partial charge is 0.288 e. The average molecular weight is 452 g/mol. The molecule has 7 nitrogen and oxygen atoms in total. The number of furan rings is 1. The van der Waals surface area contributed by atoms with E-state index in [1.165, 1.54) is 23.5 Å². The highest BCUT2D eigenvalue weighted by atomic mass is 35.5. The summed E-state index contributed by atoms with van der Waals surface area (Å²) < 4.78 is 7.92. The van der Waals surface area contributed by atoms with E-state index in [0.717, 1.165) is 22.2 Å². The first-order valence-electron chi connectivity index (χ1n) is 9.30. The number of imidazole rings is 1. The summed E-state index contributed by atoms with van der Waals surface area (Å²) in [4.78, 5) is 28.8. The molecule has 0 saturated heterocycles. The van der Waals surface area contributed by atoms with E-state index in [0.29, 0.717) is 26.6 Å². The minimum Gasteiger partial charge on any atom is -0.457 e. The molecule has 9 heteroatoms. The van der Waals surface area contributed by atoms with Gasteiger partial charge in [0, 0.05) is 17.7 Å². The summed E-state index contributed by atoms with van der Waals surface area (Å²) in [5.41, 5.74) is 3.97. The topological polar surface area (TPSA) is 90.7 Å². The lowest BCUT2D eigenvalue weighted by molar-refractivity contribution is -0.384. The van der Waals surface area contributed by atoms with Crippen molar-refractivity contribution in [1.82, 2.24) is 9.38 Å². The van der Waals surface area contributed by atoms with E-state index < -0.39 is 4.92 Å². The highest BCUT2D eigenvalue weighted by Gasteiger charge is 2.16. The van der Waals surface area contributed by atoms with Crippen molar-refractivity contribution in [2.45, 2.75) is 13.8 Å². The van der Waals surface area contributed by atoms with Gasteiger partial charge in [-0.15, -0.1) is 0 Å². The zero-order valence-electron chi connectivity index (χ0n) is 16.4. The van der Waals surface area contributed by atoms with Crippen LogP contribution in [-0.4, -0.2) is 14.3 Å². The number of fused-ring (bicyclic) bond motifs is 3. The summed E-state index contributed by atoms with van der Waals surface area (Å²) in [5, 5.41) is 11.2. The second-order valence-electron chi connectivity index (χ2n) is 7.20. The molecule has 31 heavy (non-hydrogen) atoms. The Balaban J connectivity index is 1.59. The third-order valence-corrected chi connectivity index (χ3v) is 6.47. The second kappa shape index (κ2) is 7.04. The Hall–Kier alpha value is -3.49. The number of hydrogen-bond donors (Lipinski definition) is 0. The summed E-state index contributed by atoms with van der Waals surface area (Å²) in [6.07, 6.45) is 1.66. The molecule has 3 aromatic heterocycles. The van der Waals surface area contributed by atoms with E-state index in [9.17, 15) is 14.9 Å². The largest absolute Gasteiger partial charge is 0.457 e. The minimum absolute atomic E-state index is 0.0580. The Bertz CT molecular complexity index is 1630. The van der Waals surface area contributed by atoms with Gasteiger partial charge in [0.15, 0.2) is 4.96 Å². The first-order valence-corrected chi connectivity index (χ1v) is 10.5. The predicted octanol–water partition coefficient (Wildman–Crippen LogP) is 4.90. The summed E-state index contributed by atoms with van der Waals surface area (Å²) in [6, 6.07) is 11.8. The Kier molecular flexibility index (Phi) is 4.42. The number of benzene rings is 2. The lowest BCUT2D eigenvalue weighted by Gasteiger charge is -1.99. The maximum Gasteiger partial charge on any atom is 0.288 e. The number of halogens is 1. The molecule has 0 N–H and O–H groups in total. The average Bonchev–Trinajstić information content (AvgIpc) is 3.39. The van der Waals surface area contributed by atoms with Gasteiger partial charge >= 0.3 is 0 Å². The molecule has 0 spiro atoms. The van der Waals surface area contributed by atoms with Crippen molar-refractivity contribution in [3.63, 3.8) is 0 Å². The van der Waals surface area contributed by atoms with Gasteiger partial charge in [-0.1, -0.05) is 22.9 Å². The Morgan fingerprint density at radius 1 is 1.16 bits per heavy atom. The predicted molar refractivity (Wildman–Crippen MR) is 121 cm³/mol. The molecule has 0 fully saturated rings. The lowest BCUT2D eigenvalue weighted by atomic mass is 10.1. The summed E-state index contributed by atoms with van der Waals surface area (Å²) in [6.45, 7) is 4.02. The molecule has 0 saturated carbocycles. The molecule has 5 aromatic rings. The molecule has 0 aliphatic heterocycles. The Labute approximate surface area is 184 Å². The number of aromatic nitrogens is 2. The zero-order chi connectivity index (χ0) is 21.9. The van der Waals surface area contributed by atoms with Gasteiger partial charge in [-0.2, -0.15) is 0 Å². The molecule has 3 heterocycles. The van der Waals surface area contributed by atoms with Crippen molar-refractivity contribution in [2.24, 2.45) is 0 Å². The molecular weight excluding hydrogens is 438 g/mol. The maximum atomic E-state index is 13.0. The van der Waals surface area contributed by atoms with Crippen LogP contribution in [0.4, 0.5) is 5.69 Å². The van der Waals surface area contributed by atoms with Crippen LogP contribution in [0.25, 0.3) is 33.4 Å². The summed E-state index contributed by atoms with van der Waals surface area (Å²) in [5.74, 6) is 0.905. The highest BCUT2D eigenvalue weighted by Crippen LogP contribution is 2.31. The van der Waals surface area contributed by atoms with Gasteiger partial charge in [0.25, 0.3) is 11.2 Å². The van der Waals surface area contributed by atoms with Crippen LogP contribution in [0.5, 0.6) is 0 Å². The number of hydrogen-bond acceptors (Lipinski definition) is 6. The van der Waals surface area contributed by atoms with Crippen LogP contribution in [0.2, 0.25) is 5.02 Å². The van der Waals surface area contributed by atoms with E-state index in [2.05, 4.69) is 4.98 Å². The normalized spacial score (nSPS) is 12.3. The number of nitro benzene ring substituents is 1. The molecule has 0 bridgehead atoms. The van der Waals surface area contributed by atoms with Crippen LogP contribution in [0.1, 0.15) is 16.9 Å². The number of aryl methyl sites for hydroxylation is 2. The molecule has 154 valence electrons. The van der Waals surface area contributed by atoms with Gasteiger partial charge in [0.2, 0.25) is 0 Å². The second-order valence-corrected chi connectivity index (χ2v) is 8.61. The number of rotatable bonds is 3. The number of thiazole rings is 1. The van der Waals surface area contributed by atoms with Gasteiger partial charge in [-0.3, -0.25) is 14.9 Å². The van der Waals surface area contributed by atoms with E-state index in [4.69, 9.17) is 16.0 Å². The van der Waals surface area contributed by atoms with E-state index in [-0.39, 0.29) is 16.3 Å². The van der Waals surface area contributed by atoms with Gasteiger partial charge in [-0.05, 0) is 61.4 Å². The van der Waals surface area contributed by atoms with Crippen molar-refractivity contribution in [1.29, 1.82) is 0 Å². The van der Waals surface area contributed by atoms with E-state index in [1.807, 2.05) is 26.0 Å². The minimum atomic E-state index is -0.541. The SMILES string of the molecule is Cc1cc2nc3sc(=Cc4ccc(-c5ccc(Cl)c([N+](=O)[O-])c5)o4)c(=O)n3c2cc1C. The molecular formula is C22H14ClN3O4S. The first kappa shape index (κ1) is 19.5. The van der Waals surface area contributed by atoms with Gasteiger partial charge in [0.1, 0.15) is 21.1 Å². The van der Waals surface area contributed by atoms with Gasteiger partial charge < -0.3 is 4.42 Å². The van der Waals surface area contributed by atoms with Crippen LogP contribution in [0.15, 0.2) is 51.7 Å². The molecule has 0 radical (unpaired) electrons. The fraction of sp³-hybridized carbons (Fsp3) is 0.0909. The van der Waals surface area contributed by atoms with Gasteiger partial charge in [0.05, 0.1) is 16.0 Å². The van der Waals surface area contributed by atoms with Crippen molar-refractivity contribution in [3.05, 3.63) is 89.4 Å². The monoisotopic (exact) mass is 451 g/mol. The Morgan fingerprint density at radius 3 is 2.71 bits per heavy atom. The Morgan fingerprint density at radius 2 is 1.94 bits per heavy atom. The van der Waals surface area contributed by atoms with Crippen LogP contribution in [-0.2, 0) is 0 Å². The van der Waals surface area contributed by atoms with Gasteiger partial charge in [-0.25, -0.2) is 9.38 Å². The van der Waals surface area contributed by atoms with Crippen molar-refractivity contribution in [3.8, 4) is 11.3 Å². The molecule has 5 rings (SSSR count). The number of nitro groups is 1. The fourth-order valence-corrected chi connectivity index (χ4v) is 4.59. The van der Waals surface area contributed by atoms with Crippen LogP contribution < -0.4 is 10.1 Å². The van der Waals surface area contributed by atoms with E-state index in [1.54, 1.807) is 28.7 Å². The lowest BCUT2D eigenvalue weighted by Crippen LogP contribution is -2.22. The maximum absolute atomic E-state index is 13.0. The van der Waals surface area contributed by atoms with E-state index >= 15 is 0 Å². The molecule has 0 aliphatic rings. The van der Waals surface area contributed by atoms with Crippen molar-refractivity contribution < 1.29 is 9.34 Å². The molecule has 0 amide bonds. The number of nitrogens with zero attached hydrogens (tertiary/aromatic N) is 3. The van der Waals surface area contributed by atoms with Crippen LogP contribution in [0, 0.1) is 24.0 Å². The zero-order valence-corrected chi connectivity index (χ0v) is 18.0. The summed E-state index contributed by atoms with van der Waals surface area (Å²) in [7, 11) is 0. The quantitative estimate of drug-likeness (QED) is 0.287. The van der Waals surface area contributed by atoms with Crippen LogP contribution in [0.3, 0.4) is 0 Å². The first-order chi connectivity index (χ1) is 14.8. The van der Waals surface area contributed by atoms with Crippen molar-refractivity contribution >= 4 is 50.7 Å². The standard InChI is InChI=1S/C22H14ClN3O4S/c1-11-7-16-18(8-12(11)2)25-21(27)20(31-22(25)24-16)10-14-4-6-19(30-14)13-3-5-15(23)17(9-13)26(28)29/h3-10H,1-2H3. The highest BCUT2D eigenvalue weighted by molar-refractivity contribution is 7.15. The molecule has 0 atom stereocenters. The third kappa shape index (κ3) is 3.20. The fourth-order valence-electron chi connectivity index (χ4n) is 3.44. The third-order valence-electron chi connectivity index (χ3n) is 5.18.